The van der Waals surface area contributed by atoms with E-state index in [1.54, 1.807) is 24.4 Å². The lowest BCUT2D eigenvalue weighted by molar-refractivity contribution is -0.614. The van der Waals surface area contributed by atoms with Crippen molar-refractivity contribution in [1.82, 2.24) is 0 Å². The van der Waals surface area contributed by atoms with Gasteiger partial charge in [-0.3, -0.25) is 9.90 Å². The number of anilines is 1. The molecule has 0 amide bonds. The lowest BCUT2D eigenvalue weighted by Gasteiger charge is -2.33. The molecular weight excluding hydrogens is 465 g/mol. The van der Waals surface area contributed by atoms with Gasteiger partial charge in [-0.05, 0) is 61.4 Å². The first kappa shape index (κ1) is 23.0. The number of aromatic nitrogens is 1. The SMILES string of the molecule is O=C(OO)c1cccc(Cl)c1.[O-][n+]1cccc2c1CCC1CCN(c3ccc(Cl)cc3)N=C21. The van der Waals surface area contributed by atoms with Gasteiger partial charge in [0.25, 0.3) is 0 Å². The van der Waals surface area contributed by atoms with Crippen LogP contribution in [0.5, 0.6) is 0 Å². The average molecular weight is 486 g/mol. The molecule has 9 heteroatoms. The van der Waals surface area contributed by atoms with E-state index in [-0.39, 0.29) is 5.56 Å². The maximum atomic E-state index is 12.0. The predicted octanol–water partition coefficient (Wildman–Crippen LogP) is 5.12. The predicted molar refractivity (Wildman–Crippen MR) is 127 cm³/mol. The highest BCUT2D eigenvalue weighted by atomic mass is 35.5. The molecule has 2 aromatic carbocycles. The van der Waals surface area contributed by atoms with Crippen molar-refractivity contribution < 1.29 is 19.7 Å². The van der Waals surface area contributed by atoms with Gasteiger partial charge in [0.05, 0.1) is 22.5 Å². The minimum absolute atomic E-state index is 0.222. The van der Waals surface area contributed by atoms with E-state index in [0.29, 0.717) is 10.9 Å². The van der Waals surface area contributed by atoms with Gasteiger partial charge in [-0.2, -0.15) is 15.1 Å². The Balaban J connectivity index is 0.000000200. The van der Waals surface area contributed by atoms with E-state index in [1.165, 1.54) is 12.1 Å². The zero-order valence-electron chi connectivity index (χ0n) is 17.5. The molecule has 1 N–H and O–H groups in total. The Labute approximate surface area is 201 Å². The fourth-order valence-corrected chi connectivity index (χ4v) is 4.33. The Morgan fingerprint density at radius 1 is 1.09 bits per heavy atom. The number of carbonyl (C=O) groups excluding carboxylic acids is 1. The molecule has 2 aliphatic rings. The van der Waals surface area contributed by atoms with Crippen LogP contribution in [0.1, 0.15) is 34.5 Å². The third-order valence-corrected chi connectivity index (χ3v) is 6.13. The van der Waals surface area contributed by atoms with E-state index in [1.807, 2.05) is 35.3 Å². The third-order valence-electron chi connectivity index (χ3n) is 5.64. The summed E-state index contributed by atoms with van der Waals surface area (Å²) in [7, 11) is 0. The number of carbonyl (C=O) groups is 1. The van der Waals surface area contributed by atoms with Crippen LogP contribution < -0.4 is 9.74 Å². The number of rotatable bonds is 2. The summed E-state index contributed by atoms with van der Waals surface area (Å²) < 4.78 is 0.981. The first-order valence-electron chi connectivity index (χ1n) is 10.4. The van der Waals surface area contributed by atoms with E-state index >= 15 is 0 Å². The number of pyridine rings is 1. The second kappa shape index (κ2) is 10.2. The molecule has 1 unspecified atom stereocenters. The van der Waals surface area contributed by atoms with Gasteiger partial charge < -0.3 is 5.21 Å². The fraction of sp³-hybridized carbons (Fsp3) is 0.208. The largest absolute Gasteiger partial charge is 0.618 e. The van der Waals surface area contributed by atoms with Gasteiger partial charge in [0, 0.05) is 35.0 Å². The van der Waals surface area contributed by atoms with E-state index in [0.717, 1.165) is 58.2 Å². The number of halogens is 2. The standard InChI is InChI=1S/C17H16ClN3O.C7H5ClO3/c18-13-4-6-14(7-5-13)20-11-9-12-3-8-16-15(17(12)19-20)2-1-10-21(16)22;8-6-3-1-2-5(4-6)7(9)11-10/h1-2,4-7,10,12H,3,8-9,11H2;1-4,10H. The summed E-state index contributed by atoms with van der Waals surface area (Å²) in [5, 5.41) is 27.9. The van der Waals surface area contributed by atoms with Crippen LogP contribution in [0.15, 0.2) is 72.0 Å². The molecule has 0 fully saturated rings. The second-order valence-corrected chi connectivity index (χ2v) is 8.57. The molecule has 0 spiro atoms. The summed E-state index contributed by atoms with van der Waals surface area (Å²) in [5.41, 5.74) is 4.16. The molecular formula is C24H21Cl2N3O4. The van der Waals surface area contributed by atoms with Crippen molar-refractivity contribution in [1.29, 1.82) is 0 Å². The van der Waals surface area contributed by atoms with Crippen molar-refractivity contribution in [3.63, 3.8) is 0 Å². The Morgan fingerprint density at radius 2 is 1.88 bits per heavy atom. The highest BCUT2D eigenvalue weighted by Crippen LogP contribution is 2.32. The van der Waals surface area contributed by atoms with Gasteiger partial charge in [-0.25, -0.2) is 4.79 Å². The number of hydrazone groups is 1. The molecule has 1 atom stereocenters. The Kier molecular flexibility index (Phi) is 7.13. The smallest absolute Gasteiger partial charge is 0.372 e. The summed E-state index contributed by atoms with van der Waals surface area (Å²) in [6, 6.07) is 17.6. The quantitative estimate of drug-likeness (QED) is 0.235. The first-order valence-corrected chi connectivity index (χ1v) is 11.2. The summed E-state index contributed by atoms with van der Waals surface area (Å²) in [6.45, 7) is 0.898. The topological polar surface area (TPSA) is 89.1 Å². The number of benzene rings is 2. The van der Waals surface area contributed by atoms with Crippen LogP contribution in [0.2, 0.25) is 10.0 Å². The van der Waals surface area contributed by atoms with Gasteiger partial charge in [-0.1, -0.05) is 29.3 Å². The van der Waals surface area contributed by atoms with Crippen molar-refractivity contribution in [2.75, 3.05) is 11.6 Å². The molecule has 170 valence electrons. The van der Waals surface area contributed by atoms with Gasteiger partial charge in [-0.15, -0.1) is 0 Å². The van der Waals surface area contributed by atoms with Crippen LogP contribution in [0.4, 0.5) is 5.69 Å². The van der Waals surface area contributed by atoms with Gasteiger partial charge >= 0.3 is 5.97 Å². The van der Waals surface area contributed by atoms with E-state index < -0.39 is 5.97 Å². The van der Waals surface area contributed by atoms with Crippen molar-refractivity contribution in [2.24, 2.45) is 11.0 Å². The van der Waals surface area contributed by atoms with E-state index in [2.05, 4.69) is 4.89 Å². The molecule has 0 radical (unpaired) electrons. The summed E-state index contributed by atoms with van der Waals surface area (Å²) in [4.78, 5) is 14.1. The number of hydrogen-bond donors (Lipinski definition) is 1. The van der Waals surface area contributed by atoms with Crippen LogP contribution in [-0.4, -0.2) is 23.5 Å². The Morgan fingerprint density at radius 3 is 2.61 bits per heavy atom. The minimum Gasteiger partial charge on any atom is -0.618 e. The second-order valence-electron chi connectivity index (χ2n) is 7.69. The third kappa shape index (κ3) is 5.27. The Hall–Kier alpha value is -3.13. The molecule has 2 heterocycles. The minimum atomic E-state index is -0.813. The summed E-state index contributed by atoms with van der Waals surface area (Å²) in [5.74, 6) is -0.356. The van der Waals surface area contributed by atoms with Crippen LogP contribution in [0.25, 0.3) is 0 Å². The van der Waals surface area contributed by atoms with Crippen molar-refractivity contribution >= 4 is 40.6 Å². The van der Waals surface area contributed by atoms with E-state index in [4.69, 9.17) is 33.6 Å². The van der Waals surface area contributed by atoms with Crippen LogP contribution in [0, 0.1) is 11.1 Å². The van der Waals surface area contributed by atoms with Gasteiger partial charge in [0.2, 0.25) is 5.69 Å². The lowest BCUT2D eigenvalue weighted by Crippen LogP contribution is -2.41. The van der Waals surface area contributed by atoms with Gasteiger partial charge in [0.15, 0.2) is 6.20 Å². The van der Waals surface area contributed by atoms with Crippen LogP contribution in [-0.2, 0) is 11.3 Å². The van der Waals surface area contributed by atoms with Crippen molar-refractivity contribution in [2.45, 2.75) is 19.3 Å². The zero-order valence-corrected chi connectivity index (χ0v) is 19.0. The number of nitrogens with zero attached hydrogens (tertiary/aromatic N) is 3. The molecule has 1 aliphatic heterocycles. The van der Waals surface area contributed by atoms with Crippen molar-refractivity contribution in [3.05, 3.63) is 98.9 Å². The molecule has 7 nitrogen and oxygen atoms in total. The van der Waals surface area contributed by atoms with Gasteiger partial charge in [0.1, 0.15) is 0 Å². The molecule has 1 aromatic heterocycles. The molecule has 0 saturated carbocycles. The van der Waals surface area contributed by atoms with Crippen LogP contribution >= 0.6 is 23.2 Å². The number of hydrogen-bond acceptors (Lipinski definition) is 6. The maximum Gasteiger partial charge on any atom is 0.372 e. The highest BCUT2D eigenvalue weighted by molar-refractivity contribution is 6.31. The zero-order chi connectivity index (χ0) is 23.4. The summed E-state index contributed by atoms with van der Waals surface area (Å²) >= 11 is 11.5. The molecule has 33 heavy (non-hydrogen) atoms. The lowest BCUT2D eigenvalue weighted by atomic mass is 9.82. The molecule has 3 aromatic rings. The maximum absolute atomic E-state index is 12.0. The Bertz CT molecular complexity index is 1180. The fourth-order valence-electron chi connectivity index (χ4n) is 4.01. The summed E-state index contributed by atoms with van der Waals surface area (Å²) in [6.07, 6.45) is 4.48. The average Bonchev–Trinajstić information content (AvgIpc) is 2.84. The first-order chi connectivity index (χ1) is 16.0. The highest BCUT2D eigenvalue weighted by Gasteiger charge is 2.33. The number of fused-ring (bicyclic) bond motifs is 3. The van der Waals surface area contributed by atoms with Crippen LogP contribution in [0.3, 0.4) is 0 Å². The monoisotopic (exact) mass is 485 g/mol. The van der Waals surface area contributed by atoms with Crippen molar-refractivity contribution in [3.8, 4) is 0 Å². The van der Waals surface area contributed by atoms with E-state index in [9.17, 15) is 10.0 Å². The normalized spacial score (nSPS) is 16.5. The molecule has 0 bridgehead atoms. The molecule has 5 rings (SSSR count). The molecule has 0 saturated heterocycles. The molecule has 1 aliphatic carbocycles.